The van der Waals surface area contributed by atoms with E-state index in [0.29, 0.717) is 18.9 Å². The van der Waals surface area contributed by atoms with Crippen molar-refractivity contribution in [1.29, 1.82) is 0 Å². The zero-order valence-electron chi connectivity index (χ0n) is 20.5. The van der Waals surface area contributed by atoms with E-state index in [1.165, 1.54) is 11.1 Å². The third kappa shape index (κ3) is 5.44. The van der Waals surface area contributed by atoms with Crippen LogP contribution in [-0.2, 0) is 20.7 Å². The Hall–Kier alpha value is -2.86. The van der Waals surface area contributed by atoms with Gasteiger partial charge in [0, 0.05) is 26.1 Å². The molecule has 0 aromatic heterocycles. The lowest BCUT2D eigenvalue weighted by atomic mass is 9.86. The van der Waals surface area contributed by atoms with Crippen molar-refractivity contribution in [3.05, 3.63) is 64.7 Å². The molecule has 4 rings (SSSR count). The molecular weight excluding hydrogens is 428 g/mol. The van der Waals surface area contributed by atoms with E-state index in [4.69, 9.17) is 9.47 Å². The number of hydrogen-bond donors (Lipinski definition) is 1. The number of carbonyl (C=O) groups is 2. The number of carbonyl (C=O) groups excluding carboxylic acids is 2. The van der Waals surface area contributed by atoms with Crippen molar-refractivity contribution in [3.63, 3.8) is 0 Å². The number of fused-ring (bicyclic) bond motifs is 1. The summed E-state index contributed by atoms with van der Waals surface area (Å²) in [6, 6.07) is 14.3. The van der Waals surface area contributed by atoms with Crippen LogP contribution in [0.2, 0.25) is 0 Å². The SMILES string of the molecule is COCCNC(=O)[C@@H](C)Oc1ccc2c(c1)[C@H](c1cccc(C)c1)N(C(=O)C1CCCC1)CC2. The normalized spacial score (nSPS) is 18.9. The van der Waals surface area contributed by atoms with Gasteiger partial charge in [0.15, 0.2) is 6.10 Å². The predicted octanol–water partition coefficient (Wildman–Crippen LogP) is 4.19. The monoisotopic (exact) mass is 464 g/mol. The maximum atomic E-state index is 13.6. The van der Waals surface area contributed by atoms with Crippen molar-refractivity contribution in [2.75, 3.05) is 26.8 Å². The summed E-state index contributed by atoms with van der Waals surface area (Å²) < 4.78 is 11.0. The first-order valence-electron chi connectivity index (χ1n) is 12.4. The Morgan fingerprint density at radius 2 is 1.94 bits per heavy atom. The number of methoxy groups -OCH3 is 1. The van der Waals surface area contributed by atoms with E-state index in [0.717, 1.165) is 49.8 Å². The van der Waals surface area contributed by atoms with Crippen molar-refractivity contribution in [2.24, 2.45) is 5.92 Å². The summed E-state index contributed by atoms with van der Waals surface area (Å²) in [6.07, 6.45) is 4.44. The van der Waals surface area contributed by atoms with Gasteiger partial charge >= 0.3 is 0 Å². The van der Waals surface area contributed by atoms with E-state index in [1.807, 2.05) is 12.1 Å². The zero-order chi connectivity index (χ0) is 24.1. The lowest BCUT2D eigenvalue weighted by Crippen LogP contribution is -2.43. The van der Waals surface area contributed by atoms with Crippen LogP contribution in [0.1, 0.15) is 60.9 Å². The lowest BCUT2D eigenvalue weighted by Gasteiger charge is -2.39. The van der Waals surface area contributed by atoms with E-state index in [9.17, 15) is 9.59 Å². The van der Waals surface area contributed by atoms with Crippen LogP contribution in [0.5, 0.6) is 5.75 Å². The van der Waals surface area contributed by atoms with Crippen LogP contribution in [0.25, 0.3) is 0 Å². The van der Waals surface area contributed by atoms with Gasteiger partial charge in [0.2, 0.25) is 5.91 Å². The summed E-state index contributed by atoms with van der Waals surface area (Å²) >= 11 is 0. The molecule has 6 nitrogen and oxygen atoms in total. The first-order valence-corrected chi connectivity index (χ1v) is 12.4. The maximum Gasteiger partial charge on any atom is 0.260 e. The molecule has 1 aliphatic carbocycles. The van der Waals surface area contributed by atoms with Crippen molar-refractivity contribution in [1.82, 2.24) is 10.2 Å². The molecule has 0 saturated heterocycles. The van der Waals surface area contributed by atoms with Crippen molar-refractivity contribution in [2.45, 2.75) is 58.1 Å². The smallest absolute Gasteiger partial charge is 0.260 e. The molecule has 2 atom stereocenters. The number of nitrogens with zero attached hydrogens (tertiary/aromatic N) is 1. The summed E-state index contributed by atoms with van der Waals surface area (Å²) in [7, 11) is 1.60. The number of amides is 2. The molecule has 2 amide bonds. The van der Waals surface area contributed by atoms with Gasteiger partial charge in [0.05, 0.1) is 12.6 Å². The molecule has 1 aliphatic heterocycles. The van der Waals surface area contributed by atoms with Crippen LogP contribution in [0.3, 0.4) is 0 Å². The highest BCUT2D eigenvalue weighted by Gasteiger charge is 2.36. The first-order chi connectivity index (χ1) is 16.5. The molecule has 2 aromatic rings. The molecule has 1 saturated carbocycles. The molecule has 2 aromatic carbocycles. The second kappa shape index (κ2) is 11.0. The summed E-state index contributed by atoms with van der Waals surface area (Å²) in [5.41, 5.74) is 4.61. The molecule has 0 unspecified atom stereocenters. The Morgan fingerprint density at radius 3 is 2.68 bits per heavy atom. The largest absolute Gasteiger partial charge is 0.481 e. The Kier molecular flexibility index (Phi) is 7.88. The minimum atomic E-state index is -0.632. The van der Waals surface area contributed by atoms with Gasteiger partial charge in [-0.25, -0.2) is 0 Å². The molecule has 2 aliphatic rings. The topological polar surface area (TPSA) is 67.9 Å². The van der Waals surface area contributed by atoms with Crippen LogP contribution >= 0.6 is 0 Å². The van der Waals surface area contributed by atoms with Gasteiger partial charge in [-0.15, -0.1) is 0 Å². The van der Waals surface area contributed by atoms with Gasteiger partial charge in [0.25, 0.3) is 5.91 Å². The van der Waals surface area contributed by atoms with Gasteiger partial charge in [-0.2, -0.15) is 0 Å². The highest BCUT2D eigenvalue weighted by molar-refractivity contribution is 5.81. The summed E-state index contributed by atoms with van der Waals surface area (Å²) in [5.74, 6) is 0.861. The summed E-state index contributed by atoms with van der Waals surface area (Å²) in [4.78, 5) is 28.0. The average molecular weight is 465 g/mol. The number of rotatable bonds is 8. The fraction of sp³-hybridized carbons (Fsp3) is 0.500. The number of benzene rings is 2. The van der Waals surface area contributed by atoms with Crippen molar-refractivity contribution < 1.29 is 19.1 Å². The minimum Gasteiger partial charge on any atom is -0.481 e. The highest BCUT2D eigenvalue weighted by atomic mass is 16.5. The van der Waals surface area contributed by atoms with E-state index in [-0.39, 0.29) is 23.8 Å². The molecule has 0 radical (unpaired) electrons. The fourth-order valence-electron chi connectivity index (χ4n) is 5.19. The van der Waals surface area contributed by atoms with E-state index in [2.05, 4.69) is 47.5 Å². The van der Waals surface area contributed by atoms with Crippen LogP contribution in [0.15, 0.2) is 42.5 Å². The molecule has 182 valence electrons. The third-order valence-corrected chi connectivity index (χ3v) is 6.98. The van der Waals surface area contributed by atoms with Crippen LogP contribution in [0.4, 0.5) is 0 Å². The van der Waals surface area contributed by atoms with Gasteiger partial charge in [0.1, 0.15) is 5.75 Å². The number of nitrogens with one attached hydrogen (secondary N) is 1. The molecule has 1 fully saturated rings. The van der Waals surface area contributed by atoms with Gasteiger partial charge < -0.3 is 19.7 Å². The van der Waals surface area contributed by atoms with Gasteiger partial charge in [-0.05, 0) is 61.9 Å². The second-order valence-electron chi connectivity index (χ2n) is 9.48. The quantitative estimate of drug-likeness (QED) is 0.595. The first kappa shape index (κ1) is 24.3. The molecule has 1 heterocycles. The Morgan fingerprint density at radius 1 is 1.15 bits per heavy atom. The van der Waals surface area contributed by atoms with E-state index in [1.54, 1.807) is 14.0 Å². The van der Waals surface area contributed by atoms with Crippen LogP contribution < -0.4 is 10.1 Å². The second-order valence-corrected chi connectivity index (χ2v) is 9.48. The number of ether oxygens (including phenoxy) is 2. The van der Waals surface area contributed by atoms with Crippen molar-refractivity contribution in [3.8, 4) is 5.75 Å². The third-order valence-electron chi connectivity index (χ3n) is 6.98. The summed E-state index contributed by atoms with van der Waals surface area (Å²) in [5, 5.41) is 2.82. The average Bonchev–Trinajstić information content (AvgIpc) is 3.38. The minimum absolute atomic E-state index is 0.129. The predicted molar refractivity (Wildman–Crippen MR) is 132 cm³/mol. The lowest BCUT2D eigenvalue weighted by molar-refractivity contribution is -0.137. The standard InChI is InChI=1S/C28H36N2O4/c1-19-7-6-10-23(17-19)26-25-18-24(34-20(2)27(31)29-14-16-33-3)12-11-21(25)13-15-30(26)28(32)22-8-4-5-9-22/h6-7,10-12,17-18,20,22,26H,4-5,8-9,13-16H2,1-3H3,(H,29,31)/t20-,26+/m1/s1. The van der Waals surface area contributed by atoms with Crippen molar-refractivity contribution >= 4 is 11.8 Å². The van der Waals surface area contributed by atoms with Gasteiger partial charge in [-0.1, -0.05) is 48.7 Å². The molecule has 0 spiro atoms. The summed E-state index contributed by atoms with van der Waals surface area (Å²) in [6.45, 7) is 5.45. The molecular formula is C28H36N2O4. The molecule has 34 heavy (non-hydrogen) atoms. The number of aryl methyl sites for hydroxylation is 1. The number of hydrogen-bond acceptors (Lipinski definition) is 4. The van der Waals surface area contributed by atoms with Crippen LogP contribution in [0, 0.1) is 12.8 Å². The fourth-order valence-corrected chi connectivity index (χ4v) is 5.19. The Labute approximate surface area is 202 Å². The Bertz CT molecular complexity index is 1020. The van der Waals surface area contributed by atoms with Gasteiger partial charge in [-0.3, -0.25) is 9.59 Å². The highest BCUT2D eigenvalue weighted by Crippen LogP contribution is 2.40. The molecule has 1 N–H and O–H groups in total. The zero-order valence-corrected chi connectivity index (χ0v) is 20.5. The molecule has 6 heteroatoms. The van der Waals surface area contributed by atoms with E-state index < -0.39 is 6.10 Å². The maximum absolute atomic E-state index is 13.6. The van der Waals surface area contributed by atoms with E-state index >= 15 is 0 Å². The van der Waals surface area contributed by atoms with Crippen LogP contribution in [-0.4, -0.2) is 49.6 Å². The Balaban J connectivity index is 1.62. The molecule has 0 bridgehead atoms.